The van der Waals surface area contributed by atoms with Crippen LogP contribution in [0.3, 0.4) is 0 Å². The summed E-state index contributed by atoms with van der Waals surface area (Å²) in [5, 5.41) is 3.69. The van der Waals surface area contributed by atoms with E-state index in [0.29, 0.717) is 6.04 Å². The van der Waals surface area contributed by atoms with Gasteiger partial charge >= 0.3 is 0 Å². The van der Waals surface area contributed by atoms with E-state index >= 15 is 0 Å². The Morgan fingerprint density at radius 3 is 2.84 bits per heavy atom. The molecule has 1 aliphatic carbocycles. The Labute approximate surface area is 117 Å². The van der Waals surface area contributed by atoms with Gasteiger partial charge in [0.2, 0.25) is 0 Å². The Morgan fingerprint density at radius 1 is 1.37 bits per heavy atom. The van der Waals surface area contributed by atoms with Crippen LogP contribution in [0.2, 0.25) is 0 Å². The maximum atomic E-state index is 4.65. The Hall–Kier alpha value is -0.830. The third-order valence-electron chi connectivity index (χ3n) is 4.54. The monoisotopic (exact) mass is 263 g/mol. The van der Waals surface area contributed by atoms with Crippen molar-refractivity contribution in [3.63, 3.8) is 0 Å². The molecular formula is C16H29N3. The van der Waals surface area contributed by atoms with Crippen LogP contribution in [0.25, 0.3) is 0 Å². The maximum Gasteiger partial charge on any atom is 0.126 e. The predicted molar refractivity (Wildman–Crippen MR) is 80.1 cm³/mol. The summed E-state index contributed by atoms with van der Waals surface area (Å²) in [6, 6.07) is 0.447. The summed E-state index contributed by atoms with van der Waals surface area (Å²) >= 11 is 0. The first-order chi connectivity index (χ1) is 9.30. The lowest BCUT2D eigenvalue weighted by Gasteiger charge is -2.25. The van der Waals surface area contributed by atoms with E-state index in [-0.39, 0.29) is 0 Å². The summed E-state index contributed by atoms with van der Waals surface area (Å²) in [6.07, 6.45) is 10.7. The first-order valence-electron chi connectivity index (χ1n) is 8.04. The van der Waals surface area contributed by atoms with E-state index in [1.54, 1.807) is 0 Å². The molecular weight excluding hydrogens is 234 g/mol. The van der Waals surface area contributed by atoms with Gasteiger partial charge in [-0.3, -0.25) is 0 Å². The van der Waals surface area contributed by atoms with Crippen LogP contribution in [-0.2, 0) is 6.54 Å². The van der Waals surface area contributed by atoms with Crippen molar-refractivity contribution in [3.8, 4) is 0 Å². The number of hydrogen-bond donors (Lipinski definition) is 1. The van der Waals surface area contributed by atoms with E-state index in [4.69, 9.17) is 0 Å². The summed E-state index contributed by atoms with van der Waals surface area (Å²) in [7, 11) is 0. The van der Waals surface area contributed by atoms with Crippen LogP contribution < -0.4 is 5.32 Å². The van der Waals surface area contributed by atoms with Gasteiger partial charge in [-0.2, -0.15) is 0 Å². The van der Waals surface area contributed by atoms with Crippen LogP contribution in [0.15, 0.2) is 12.4 Å². The number of nitrogens with one attached hydrogen (secondary N) is 1. The zero-order valence-corrected chi connectivity index (χ0v) is 12.7. The topological polar surface area (TPSA) is 29.9 Å². The number of aromatic nitrogens is 2. The number of hydrogen-bond acceptors (Lipinski definition) is 2. The molecule has 0 aliphatic heterocycles. The molecule has 0 bridgehead atoms. The van der Waals surface area contributed by atoms with Gasteiger partial charge < -0.3 is 9.88 Å². The highest BCUT2D eigenvalue weighted by Crippen LogP contribution is 2.39. The summed E-state index contributed by atoms with van der Waals surface area (Å²) in [5.41, 5.74) is 0. The fraction of sp³-hybridized carbons (Fsp3) is 0.812. The van der Waals surface area contributed by atoms with E-state index < -0.39 is 0 Å². The van der Waals surface area contributed by atoms with Crippen molar-refractivity contribution < 1.29 is 0 Å². The molecule has 2 rings (SSSR count). The second-order valence-electron chi connectivity index (χ2n) is 5.86. The van der Waals surface area contributed by atoms with Gasteiger partial charge in [0.25, 0.3) is 0 Å². The minimum atomic E-state index is 0.447. The Morgan fingerprint density at radius 2 is 2.21 bits per heavy atom. The van der Waals surface area contributed by atoms with Crippen molar-refractivity contribution in [3.05, 3.63) is 18.2 Å². The average molecular weight is 263 g/mol. The molecule has 19 heavy (non-hydrogen) atoms. The van der Waals surface area contributed by atoms with E-state index in [2.05, 4.69) is 41.8 Å². The zero-order valence-electron chi connectivity index (χ0n) is 12.7. The third-order valence-corrected chi connectivity index (χ3v) is 4.54. The molecule has 1 aromatic rings. The van der Waals surface area contributed by atoms with Crippen LogP contribution in [0.1, 0.15) is 64.7 Å². The molecule has 1 aliphatic rings. The quantitative estimate of drug-likeness (QED) is 0.811. The first-order valence-corrected chi connectivity index (χ1v) is 8.04. The van der Waals surface area contributed by atoms with Gasteiger partial charge in [-0.25, -0.2) is 4.98 Å². The predicted octanol–water partition coefficient (Wildman–Crippen LogP) is 3.77. The molecule has 1 aromatic heterocycles. The second kappa shape index (κ2) is 7.09. The molecule has 0 radical (unpaired) electrons. The fourth-order valence-corrected chi connectivity index (χ4v) is 3.51. The van der Waals surface area contributed by atoms with Crippen molar-refractivity contribution in [1.29, 1.82) is 0 Å². The van der Waals surface area contributed by atoms with Gasteiger partial charge in [-0.05, 0) is 37.6 Å². The van der Waals surface area contributed by atoms with E-state index in [1.807, 2.05) is 6.20 Å². The molecule has 0 aromatic carbocycles. The Kier molecular flexibility index (Phi) is 5.44. The standard InChI is InChI=1S/C16H29N3/c1-4-10-19-11-9-18-16(19)15(17-6-3)14-8-7-13(5-2)12-14/h9,11,13-15,17H,4-8,10,12H2,1-3H3. The second-order valence-corrected chi connectivity index (χ2v) is 5.86. The minimum Gasteiger partial charge on any atom is -0.334 e. The van der Waals surface area contributed by atoms with Gasteiger partial charge in [0, 0.05) is 18.9 Å². The minimum absolute atomic E-state index is 0.447. The molecule has 1 fully saturated rings. The van der Waals surface area contributed by atoms with Crippen LogP contribution in [0, 0.1) is 11.8 Å². The highest BCUT2D eigenvalue weighted by atomic mass is 15.1. The molecule has 0 saturated heterocycles. The van der Waals surface area contributed by atoms with Gasteiger partial charge in [0.05, 0.1) is 6.04 Å². The van der Waals surface area contributed by atoms with Crippen LogP contribution in [0.4, 0.5) is 0 Å². The normalized spacial score (nSPS) is 24.8. The molecule has 1 saturated carbocycles. The first kappa shape index (κ1) is 14.6. The van der Waals surface area contributed by atoms with Crippen LogP contribution in [-0.4, -0.2) is 16.1 Å². The largest absolute Gasteiger partial charge is 0.334 e. The lowest BCUT2D eigenvalue weighted by Crippen LogP contribution is -2.30. The molecule has 1 heterocycles. The van der Waals surface area contributed by atoms with Crippen molar-refractivity contribution >= 4 is 0 Å². The lowest BCUT2D eigenvalue weighted by atomic mass is 9.95. The highest BCUT2D eigenvalue weighted by Gasteiger charge is 2.32. The summed E-state index contributed by atoms with van der Waals surface area (Å²) < 4.78 is 2.34. The van der Waals surface area contributed by atoms with Crippen LogP contribution in [0.5, 0.6) is 0 Å². The number of rotatable bonds is 7. The summed E-state index contributed by atoms with van der Waals surface area (Å²) in [5.74, 6) is 2.95. The molecule has 0 amide bonds. The van der Waals surface area contributed by atoms with Crippen molar-refractivity contribution in [2.75, 3.05) is 6.54 Å². The zero-order chi connectivity index (χ0) is 13.7. The molecule has 1 N–H and O–H groups in total. The fourth-order valence-electron chi connectivity index (χ4n) is 3.51. The molecule has 3 atom stereocenters. The summed E-state index contributed by atoms with van der Waals surface area (Å²) in [4.78, 5) is 4.65. The van der Waals surface area contributed by atoms with Crippen molar-refractivity contribution in [1.82, 2.24) is 14.9 Å². The van der Waals surface area contributed by atoms with Crippen LogP contribution >= 0.6 is 0 Å². The summed E-state index contributed by atoms with van der Waals surface area (Å²) in [6.45, 7) is 8.87. The molecule has 3 nitrogen and oxygen atoms in total. The molecule has 108 valence electrons. The number of aryl methyl sites for hydroxylation is 1. The third kappa shape index (κ3) is 3.38. The highest BCUT2D eigenvalue weighted by molar-refractivity contribution is 5.03. The van der Waals surface area contributed by atoms with E-state index in [9.17, 15) is 0 Å². The Bertz CT molecular complexity index is 372. The molecule has 0 spiro atoms. The Balaban J connectivity index is 2.13. The van der Waals surface area contributed by atoms with Gasteiger partial charge in [-0.15, -0.1) is 0 Å². The van der Waals surface area contributed by atoms with Gasteiger partial charge in [-0.1, -0.05) is 33.6 Å². The van der Waals surface area contributed by atoms with Gasteiger partial charge in [0.15, 0.2) is 0 Å². The van der Waals surface area contributed by atoms with Crippen molar-refractivity contribution in [2.45, 2.75) is 65.5 Å². The lowest BCUT2D eigenvalue weighted by molar-refractivity contribution is 0.336. The molecule has 3 unspecified atom stereocenters. The maximum absolute atomic E-state index is 4.65. The van der Waals surface area contributed by atoms with Gasteiger partial charge in [0.1, 0.15) is 5.82 Å². The average Bonchev–Trinajstić information content (AvgIpc) is 3.05. The van der Waals surface area contributed by atoms with E-state index in [1.165, 1.54) is 37.9 Å². The number of imidazole rings is 1. The molecule has 3 heteroatoms. The van der Waals surface area contributed by atoms with E-state index in [0.717, 1.165) is 24.9 Å². The SMILES string of the molecule is CCCn1ccnc1C(NCC)C1CCC(CC)C1. The smallest absolute Gasteiger partial charge is 0.126 e. The van der Waals surface area contributed by atoms with Crippen molar-refractivity contribution in [2.24, 2.45) is 11.8 Å². The number of nitrogens with zero attached hydrogens (tertiary/aromatic N) is 2.